The molecule has 0 N–H and O–H groups in total. The summed E-state index contributed by atoms with van der Waals surface area (Å²) in [4.78, 5) is 15.6. The number of rotatable bonds is 5. The summed E-state index contributed by atoms with van der Waals surface area (Å²) in [6, 6.07) is 7.43. The molecule has 1 saturated heterocycles. The monoisotopic (exact) mass is 296 g/mol. The summed E-state index contributed by atoms with van der Waals surface area (Å²) in [6.07, 6.45) is 10.2. The highest BCUT2D eigenvalue weighted by molar-refractivity contribution is 5.57. The van der Waals surface area contributed by atoms with E-state index in [0.717, 1.165) is 23.4 Å². The highest BCUT2D eigenvalue weighted by atomic mass is 15.2. The molecule has 3 rings (SSSR count). The molecule has 116 valence electrons. The zero-order valence-corrected chi connectivity index (χ0v) is 13.4. The summed E-state index contributed by atoms with van der Waals surface area (Å²) in [5.41, 5.74) is 3.14. The normalized spacial score (nSPS) is 19.0. The molecule has 0 unspecified atom stereocenters. The quantitative estimate of drug-likeness (QED) is 0.848. The molecule has 0 aliphatic carbocycles. The third kappa shape index (κ3) is 3.50. The van der Waals surface area contributed by atoms with Gasteiger partial charge in [0.1, 0.15) is 6.33 Å². The Labute approximate surface area is 132 Å². The molecule has 0 amide bonds. The highest BCUT2D eigenvalue weighted by Crippen LogP contribution is 2.24. The molecule has 0 aromatic carbocycles. The number of aryl methyl sites for hydroxylation is 1. The van der Waals surface area contributed by atoms with Gasteiger partial charge in [-0.15, -0.1) is 0 Å². The third-order valence-electron chi connectivity index (χ3n) is 4.50. The van der Waals surface area contributed by atoms with E-state index >= 15 is 0 Å². The predicted octanol–water partition coefficient (Wildman–Crippen LogP) is 3.34. The molecule has 0 radical (unpaired) electrons. The van der Waals surface area contributed by atoms with Gasteiger partial charge in [0, 0.05) is 35.7 Å². The van der Waals surface area contributed by atoms with E-state index in [1.807, 2.05) is 18.3 Å². The summed E-state index contributed by atoms with van der Waals surface area (Å²) in [7, 11) is 0. The van der Waals surface area contributed by atoms with Crippen LogP contribution in [0.3, 0.4) is 0 Å². The van der Waals surface area contributed by atoms with Crippen LogP contribution in [0.1, 0.15) is 38.8 Å². The Morgan fingerprint density at radius 2 is 2.23 bits per heavy atom. The van der Waals surface area contributed by atoms with Crippen LogP contribution in [0.2, 0.25) is 0 Å². The van der Waals surface area contributed by atoms with E-state index in [-0.39, 0.29) is 0 Å². The third-order valence-corrected chi connectivity index (χ3v) is 4.50. The molecule has 0 bridgehead atoms. The molecule has 4 nitrogen and oxygen atoms in total. The second kappa shape index (κ2) is 6.97. The molecule has 1 fully saturated rings. The van der Waals surface area contributed by atoms with Crippen molar-refractivity contribution < 1.29 is 0 Å². The van der Waals surface area contributed by atoms with Crippen LogP contribution in [0.4, 0.5) is 0 Å². The molecule has 1 atom stereocenters. The van der Waals surface area contributed by atoms with Crippen molar-refractivity contribution in [1.29, 1.82) is 0 Å². The molecule has 0 saturated carbocycles. The first-order chi connectivity index (χ1) is 10.7. The van der Waals surface area contributed by atoms with Gasteiger partial charge in [-0.25, -0.2) is 9.97 Å². The molecule has 4 heteroatoms. The van der Waals surface area contributed by atoms with Gasteiger partial charge in [-0.2, -0.15) is 0 Å². The number of nitrogens with zero attached hydrogens (tertiary/aromatic N) is 4. The van der Waals surface area contributed by atoms with Crippen LogP contribution < -0.4 is 0 Å². The van der Waals surface area contributed by atoms with Gasteiger partial charge in [-0.05, 0) is 64.3 Å². The number of likely N-dealkylation sites (tertiary alicyclic amines) is 1. The number of aromatic nitrogens is 3. The van der Waals surface area contributed by atoms with Crippen molar-refractivity contribution in [1.82, 2.24) is 19.9 Å². The fraction of sp³-hybridized carbons (Fsp3) is 0.500. The van der Waals surface area contributed by atoms with Crippen molar-refractivity contribution >= 4 is 0 Å². The average Bonchev–Trinajstić information content (AvgIpc) is 3.03. The van der Waals surface area contributed by atoms with E-state index in [9.17, 15) is 0 Å². The Morgan fingerprint density at radius 1 is 1.32 bits per heavy atom. The molecule has 2 aromatic rings. The molecule has 1 aliphatic rings. The highest BCUT2D eigenvalue weighted by Gasteiger charge is 2.26. The summed E-state index contributed by atoms with van der Waals surface area (Å²) in [5.74, 6) is 0. The maximum absolute atomic E-state index is 4.45. The smallest absolute Gasteiger partial charge is 0.116 e. The van der Waals surface area contributed by atoms with Gasteiger partial charge in [0.2, 0.25) is 0 Å². The van der Waals surface area contributed by atoms with E-state index in [1.54, 1.807) is 12.5 Å². The maximum Gasteiger partial charge on any atom is 0.116 e. The second-order valence-corrected chi connectivity index (χ2v) is 6.30. The Bertz CT molecular complexity index is 597. The lowest BCUT2D eigenvalue weighted by Gasteiger charge is -2.28. The summed E-state index contributed by atoms with van der Waals surface area (Å²) >= 11 is 0. The summed E-state index contributed by atoms with van der Waals surface area (Å²) in [5, 5.41) is 0. The number of hydrogen-bond donors (Lipinski definition) is 0. The second-order valence-electron chi connectivity index (χ2n) is 6.30. The van der Waals surface area contributed by atoms with Crippen molar-refractivity contribution in [2.24, 2.45) is 0 Å². The van der Waals surface area contributed by atoms with Crippen LogP contribution in [0.25, 0.3) is 11.3 Å². The van der Waals surface area contributed by atoms with Crippen molar-refractivity contribution in [3.8, 4) is 11.3 Å². The lowest BCUT2D eigenvalue weighted by molar-refractivity contribution is 0.195. The zero-order chi connectivity index (χ0) is 15.4. The lowest BCUT2D eigenvalue weighted by atomic mass is 10.1. The number of pyridine rings is 1. The first-order valence-corrected chi connectivity index (χ1v) is 8.21. The first-order valence-electron chi connectivity index (χ1n) is 8.21. The Balaban J connectivity index is 1.66. The molecular formula is C18H24N4. The predicted molar refractivity (Wildman–Crippen MR) is 88.4 cm³/mol. The van der Waals surface area contributed by atoms with Crippen LogP contribution in [0.5, 0.6) is 0 Å². The van der Waals surface area contributed by atoms with Crippen LogP contribution >= 0.6 is 0 Å². The van der Waals surface area contributed by atoms with E-state index in [0.29, 0.717) is 12.1 Å². The summed E-state index contributed by atoms with van der Waals surface area (Å²) in [6.45, 7) is 5.83. The van der Waals surface area contributed by atoms with E-state index in [4.69, 9.17) is 0 Å². The first kappa shape index (κ1) is 15.1. The van der Waals surface area contributed by atoms with Crippen LogP contribution in [-0.2, 0) is 6.42 Å². The molecule has 3 heterocycles. The van der Waals surface area contributed by atoms with Gasteiger partial charge in [0.15, 0.2) is 0 Å². The lowest BCUT2D eigenvalue weighted by Crippen LogP contribution is -2.35. The standard InChI is InChI=1S/C18H24N4/c1-14(2)22-10-4-6-17(22)8-7-16-11-18(21-13-20-16)15-5-3-9-19-12-15/h3,5,9,11-14,17H,4,6-8,10H2,1-2H3/t17-/m0/s1. The Morgan fingerprint density at radius 3 is 3.00 bits per heavy atom. The molecular weight excluding hydrogens is 272 g/mol. The van der Waals surface area contributed by atoms with Crippen LogP contribution in [0.15, 0.2) is 36.9 Å². The van der Waals surface area contributed by atoms with Gasteiger partial charge in [-0.1, -0.05) is 0 Å². The minimum Gasteiger partial charge on any atom is -0.298 e. The van der Waals surface area contributed by atoms with E-state index in [2.05, 4.69) is 39.8 Å². The topological polar surface area (TPSA) is 41.9 Å². The maximum atomic E-state index is 4.45. The van der Waals surface area contributed by atoms with Gasteiger partial charge >= 0.3 is 0 Å². The van der Waals surface area contributed by atoms with Gasteiger partial charge in [-0.3, -0.25) is 9.88 Å². The largest absolute Gasteiger partial charge is 0.298 e. The molecule has 2 aromatic heterocycles. The van der Waals surface area contributed by atoms with Gasteiger partial charge in [0.05, 0.1) is 5.69 Å². The fourth-order valence-electron chi connectivity index (χ4n) is 3.37. The fourth-order valence-corrected chi connectivity index (χ4v) is 3.37. The number of hydrogen-bond acceptors (Lipinski definition) is 4. The minimum atomic E-state index is 0.642. The van der Waals surface area contributed by atoms with Crippen molar-refractivity contribution in [2.45, 2.75) is 51.6 Å². The van der Waals surface area contributed by atoms with Crippen molar-refractivity contribution in [2.75, 3.05) is 6.54 Å². The average molecular weight is 296 g/mol. The SMILES string of the molecule is CC(C)N1CCC[C@H]1CCc1cc(-c2cccnc2)ncn1. The molecule has 0 spiro atoms. The minimum absolute atomic E-state index is 0.642. The van der Waals surface area contributed by atoms with Crippen molar-refractivity contribution in [3.05, 3.63) is 42.6 Å². The van der Waals surface area contributed by atoms with Gasteiger partial charge in [0.25, 0.3) is 0 Å². The van der Waals surface area contributed by atoms with Crippen LogP contribution in [0, 0.1) is 0 Å². The molecule has 22 heavy (non-hydrogen) atoms. The summed E-state index contributed by atoms with van der Waals surface area (Å²) < 4.78 is 0. The van der Waals surface area contributed by atoms with Crippen molar-refractivity contribution in [3.63, 3.8) is 0 Å². The zero-order valence-electron chi connectivity index (χ0n) is 13.4. The Kier molecular flexibility index (Phi) is 4.78. The molecule has 1 aliphatic heterocycles. The van der Waals surface area contributed by atoms with Gasteiger partial charge < -0.3 is 0 Å². The van der Waals surface area contributed by atoms with E-state index in [1.165, 1.54) is 25.8 Å². The van der Waals surface area contributed by atoms with E-state index < -0.39 is 0 Å². The Hall–Kier alpha value is -1.81. The van der Waals surface area contributed by atoms with Crippen LogP contribution in [-0.4, -0.2) is 38.5 Å².